The molecule has 0 aliphatic carbocycles. The molecule has 0 fully saturated rings. The normalized spacial score (nSPS) is 10.0. The summed E-state index contributed by atoms with van der Waals surface area (Å²) in [6, 6.07) is 4.11. The summed E-state index contributed by atoms with van der Waals surface area (Å²) >= 11 is 5.77. The Bertz CT molecular complexity index is 709. The Kier molecular flexibility index (Phi) is 4.34. The van der Waals surface area contributed by atoms with Crippen LogP contribution in [0, 0.1) is 5.82 Å². The first kappa shape index (κ1) is 14.7. The van der Waals surface area contributed by atoms with Crippen LogP contribution in [0.2, 0.25) is 5.02 Å². The van der Waals surface area contributed by atoms with Crippen molar-refractivity contribution in [2.24, 2.45) is 0 Å². The van der Waals surface area contributed by atoms with Crippen LogP contribution in [0.15, 0.2) is 36.7 Å². The van der Waals surface area contributed by atoms with E-state index in [-0.39, 0.29) is 22.0 Å². The number of benzene rings is 1. The van der Waals surface area contributed by atoms with Gasteiger partial charge in [0.1, 0.15) is 5.82 Å². The van der Waals surface area contributed by atoms with Crippen LogP contribution in [-0.2, 0) is 0 Å². The van der Waals surface area contributed by atoms with Crippen LogP contribution in [0.4, 0.5) is 20.6 Å². The zero-order chi connectivity index (χ0) is 15.4. The summed E-state index contributed by atoms with van der Waals surface area (Å²) in [7, 11) is 0. The van der Waals surface area contributed by atoms with Gasteiger partial charge in [-0.3, -0.25) is 4.98 Å². The summed E-state index contributed by atoms with van der Waals surface area (Å²) < 4.78 is 12.9. The maximum atomic E-state index is 12.9. The zero-order valence-corrected chi connectivity index (χ0v) is 11.2. The lowest BCUT2D eigenvalue weighted by Crippen LogP contribution is -2.20. The number of carbonyl (C=O) groups excluding carboxylic acids is 1. The molecule has 2 amide bonds. The molecule has 0 saturated heterocycles. The molecule has 2 aromatic rings. The fourth-order valence-electron chi connectivity index (χ4n) is 1.50. The van der Waals surface area contributed by atoms with Gasteiger partial charge in [-0.05, 0) is 24.3 Å². The smallest absolute Gasteiger partial charge is 0.337 e. The predicted octanol–water partition coefficient (Wildman–Crippen LogP) is 3.22. The van der Waals surface area contributed by atoms with Crippen LogP contribution in [0.5, 0.6) is 0 Å². The highest BCUT2D eigenvalue weighted by Gasteiger charge is 2.09. The number of halogens is 2. The third-order valence-electron chi connectivity index (χ3n) is 2.42. The number of nitrogens with one attached hydrogen (secondary N) is 2. The first-order valence-corrected chi connectivity index (χ1v) is 6.05. The number of carboxylic acid groups (broad SMARTS) is 1. The molecule has 0 aliphatic rings. The van der Waals surface area contributed by atoms with E-state index in [2.05, 4.69) is 15.6 Å². The number of carbonyl (C=O) groups is 2. The molecule has 0 unspecified atom stereocenters. The second-order valence-corrected chi connectivity index (χ2v) is 4.38. The maximum absolute atomic E-state index is 12.9. The minimum absolute atomic E-state index is 0.0440. The fraction of sp³-hybridized carbons (Fsp3) is 0. The quantitative estimate of drug-likeness (QED) is 0.812. The molecule has 2 rings (SSSR count). The van der Waals surface area contributed by atoms with E-state index in [9.17, 15) is 14.0 Å². The minimum Gasteiger partial charge on any atom is -0.478 e. The molecule has 1 heterocycles. The number of nitrogens with zero attached hydrogens (tertiary/aromatic N) is 1. The number of rotatable bonds is 3. The Morgan fingerprint density at radius 3 is 2.62 bits per heavy atom. The molecule has 1 aromatic carbocycles. The Morgan fingerprint density at radius 2 is 1.95 bits per heavy atom. The van der Waals surface area contributed by atoms with Crippen LogP contribution < -0.4 is 10.6 Å². The van der Waals surface area contributed by atoms with E-state index in [1.54, 1.807) is 0 Å². The Labute approximate surface area is 123 Å². The molecule has 0 saturated carbocycles. The highest BCUT2D eigenvalue weighted by molar-refractivity contribution is 6.33. The molecule has 108 valence electrons. The Hall–Kier alpha value is -2.67. The molecule has 6 nitrogen and oxygen atoms in total. The Balaban J connectivity index is 2.08. The van der Waals surface area contributed by atoms with Crippen molar-refractivity contribution in [3.63, 3.8) is 0 Å². The van der Waals surface area contributed by atoms with Crippen LogP contribution in [-0.4, -0.2) is 22.1 Å². The lowest BCUT2D eigenvalue weighted by molar-refractivity contribution is 0.0696. The summed E-state index contributed by atoms with van der Waals surface area (Å²) in [6.07, 6.45) is 2.44. The fourth-order valence-corrected chi connectivity index (χ4v) is 1.72. The number of aromatic nitrogens is 1. The monoisotopic (exact) mass is 309 g/mol. The average molecular weight is 310 g/mol. The molecule has 0 radical (unpaired) electrons. The summed E-state index contributed by atoms with van der Waals surface area (Å²) in [4.78, 5) is 26.2. The highest BCUT2D eigenvalue weighted by Crippen LogP contribution is 2.22. The van der Waals surface area contributed by atoms with E-state index < -0.39 is 17.8 Å². The molecule has 0 bridgehead atoms. The number of hydrogen-bond acceptors (Lipinski definition) is 3. The molecule has 21 heavy (non-hydrogen) atoms. The number of hydrogen-bond donors (Lipinski definition) is 3. The molecule has 3 N–H and O–H groups in total. The number of pyridine rings is 1. The first-order chi connectivity index (χ1) is 9.95. The number of anilines is 2. The van der Waals surface area contributed by atoms with Gasteiger partial charge in [-0.25, -0.2) is 14.0 Å². The topological polar surface area (TPSA) is 91.3 Å². The van der Waals surface area contributed by atoms with Gasteiger partial charge >= 0.3 is 12.0 Å². The van der Waals surface area contributed by atoms with E-state index in [4.69, 9.17) is 16.7 Å². The zero-order valence-electron chi connectivity index (χ0n) is 10.4. The third kappa shape index (κ3) is 3.90. The van der Waals surface area contributed by atoms with E-state index in [0.717, 1.165) is 18.3 Å². The van der Waals surface area contributed by atoms with Gasteiger partial charge in [0, 0.05) is 6.20 Å². The first-order valence-electron chi connectivity index (χ1n) is 5.67. The number of aromatic carboxylic acids is 1. The van der Waals surface area contributed by atoms with Gasteiger partial charge in [0.2, 0.25) is 0 Å². The van der Waals surface area contributed by atoms with Gasteiger partial charge in [0.15, 0.2) is 0 Å². The number of urea groups is 1. The van der Waals surface area contributed by atoms with Gasteiger partial charge < -0.3 is 15.7 Å². The third-order valence-corrected chi connectivity index (χ3v) is 2.74. The van der Waals surface area contributed by atoms with Gasteiger partial charge in [0.25, 0.3) is 0 Å². The van der Waals surface area contributed by atoms with Crippen molar-refractivity contribution < 1.29 is 19.1 Å². The standard InChI is InChI=1S/C13H9ClFN3O3/c14-10-4-8(15)1-2-11(10)18-13(21)17-9-3-7(12(19)20)5-16-6-9/h1-6H,(H,19,20)(H2,17,18,21). The maximum Gasteiger partial charge on any atom is 0.337 e. The molecule has 1 aromatic heterocycles. The lowest BCUT2D eigenvalue weighted by Gasteiger charge is -2.09. The van der Waals surface area contributed by atoms with Crippen LogP contribution >= 0.6 is 11.6 Å². The second-order valence-electron chi connectivity index (χ2n) is 3.97. The van der Waals surface area contributed by atoms with Crippen molar-refractivity contribution in [2.75, 3.05) is 10.6 Å². The van der Waals surface area contributed by atoms with E-state index in [1.807, 2.05) is 0 Å². The summed E-state index contributed by atoms with van der Waals surface area (Å²) in [6.45, 7) is 0. The molecule has 0 aliphatic heterocycles. The molecule has 0 spiro atoms. The van der Waals surface area contributed by atoms with Crippen LogP contribution in [0.1, 0.15) is 10.4 Å². The van der Waals surface area contributed by atoms with Crippen molar-refractivity contribution >= 4 is 35.0 Å². The van der Waals surface area contributed by atoms with Crippen LogP contribution in [0.3, 0.4) is 0 Å². The number of amides is 2. The summed E-state index contributed by atoms with van der Waals surface area (Å²) in [5.74, 6) is -1.68. The Morgan fingerprint density at radius 1 is 1.19 bits per heavy atom. The van der Waals surface area contributed by atoms with Crippen molar-refractivity contribution in [1.82, 2.24) is 4.98 Å². The number of carboxylic acids is 1. The van der Waals surface area contributed by atoms with Crippen molar-refractivity contribution in [2.45, 2.75) is 0 Å². The molecular weight excluding hydrogens is 301 g/mol. The SMILES string of the molecule is O=C(Nc1cncc(C(=O)O)c1)Nc1ccc(F)cc1Cl. The van der Waals surface area contributed by atoms with Crippen molar-refractivity contribution in [3.05, 3.63) is 53.1 Å². The molecule has 0 atom stereocenters. The predicted molar refractivity (Wildman–Crippen MR) is 75.2 cm³/mol. The largest absolute Gasteiger partial charge is 0.478 e. The molecule has 8 heteroatoms. The highest BCUT2D eigenvalue weighted by atomic mass is 35.5. The van der Waals surface area contributed by atoms with E-state index in [1.165, 1.54) is 18.3 Å². The second kappa shape index (κ2) is 6.19. The minimum atomic E-state index is -1.16. The van der Waals surface area contributed by atoms with Gasteiger partial charge in [0.05, 0.1) is 28.2 Å². The summed E-state index contributed by atoms with van der Waals surface area (Å²) in [5.41, 5.74) is 0.358. The van der Waals surface area contributed by atoms with Crippen molar-refractivity contribution in [3.8, 4) is 0 Å². The lowest BCUT2D eigenvalue weighted by atomic mass is 10.2. The van der Waals surface area contributed by atoms with E-state index in [0.29, 0.717) is 0 Å². The van der Waals surface area contributed by atoms with E-state index >= 15 is 0 Å². The average Bonchev–Trinajstić information content (AvgIpc) is 2.42. The van der Waals surface area contributed by atoms with Gasteiger partial charge in [-0.1, -0.05) is 11.6 Å². The van der Waals surface area contributed by atoms with Gasteiger partial charge in [-0.15, -0.1) is 0 Å². The summed E-state index contributed by atoms with van der Waals surface area (Å²) in [5, 5.41) is 13.7. The van der Waals surface area contributed by atoms with Crippen molar-refractivity contribution in [1.29, 1.82) is 0 Å². The molecular formula is C13H9ClFN3O3. The van der Waals surface area contributed by atoms with Crippen LogP contribution in [0.25, 0.3) is 0 Å². The van der Waals surface area contributed by atoms with Gasteiger partial charge in [-0.2, -0.15) is 0 Å².